The third kappa shape index (κ3) is 3.74. The van der Waals surface area contributed by atoms with E-state index in [1.807, 2.05) is 0 Å². The first kappa shape index (κ1) is 12.4. The number of nitrogens with one attached hydrogen (secondary N) is 1. The van der Waals surface area contributed by atoms with Crippen molar-refractivity contribution in [3.8, 4) is 0 Å². The van der Waals surface area contributed by atoms with Crippen LogP contribution in [-0.4, -0.2) is 25.3 Å². The van der Waals surface area contributed by atoms with Crippen molar-refractivity contribution in [2.24, 2.45) is 5.92 Å². The molecule has 2 heteroatoms. The Kier molecular flexibility index (Phi) is 5.11. The van der Waals surface area contributed by atoms with Gasteiger partial charge in [0.05, 0.1) is 0 Å². The van der Waals surface area contributed by atoms with Gasteiger partial charge < -0.3 is 10.1 Å². The quantitative estimate of drug-likeness (QED) is 0.794. The van der Waals surface area contributed by atoms with Gasteiger partial charge in [-0.15, -0.1) is 0 Å². The summed E-state index contributed by atoms with van der Waals surface area (Å²) in [4.78, 5) is 0. The first-order chi connectivity index (χ1) is 7.88. The van der Waals surface area contributed by atoms with Crippen LogP contribution in [0.25, 0.3) is 0 Å². The van der Waals surface area contributed by atoms with Crippen molar-refractivity contribution in [2.45, 2.75) is 70.4 Å². The average molecular weight is 225 g/mol. The van der Waals surface area contributed by atoms with E-state index in [2.05, 4.69) is 12.2 Å². The van der Waals surface area contributed by atoms with Gasteiger partial charge in [-0.05, 0) is 44.4 Å². The highest BCUT2D eigenvalue weighted by Crippen LogP contribution is 2.28. The minimum Gasteiger partial charge on any atom is -0.381 e. The van der Waals surface area contributed by atoms with Gasteiger partial charge in [0.1, 0.15) is 0 Å². The van der Waals surface area contributed by atoms with Crippen molar-refractivity contribution < 1.29 is 4.74 Å². The third-order valence-corrected chi connectivity index (χ3v) is 4.24. The van der Waals surface area contributed by atoms with Crippen LogP contribution < -0.4 is 5.32 Å². The smallest absolute Gasteiger partial charge is 0.0480 e. The molecule has 0 radical (unpaired) electrons. The van der Waals surface area contributed by atoms with Crippen LogP contribution in [0.2, 0.25) is 0 Å². The van der Waals surface area contributed by atoms with E-state index < -0.39 is 0 Å². The van der Waals surface area contributed by atoms with Crippen LogP contribution in [0.15, 0.2) is 0 Å². The molecule has 0 spiro atoms. The van der Waals surface area contributed by atoms with E-state index in [0.717, 1.165) is 31.2 Å². The minimum atomic E-state index is 0.737. The molecular weight excluding hydrogens is 198 g/mol. The van der Waals surface area contributed by atoms with Crippen LogP contribution in [0.5, 0.6) is 0 Å². The largest absolute Gasteiger partial charge is 0.381 e. The average Bonchev–Trinajstić information content (AvgIpc) is 2.33. The molecule has 0 aromatic heterocycles. The molecule has 1 N–H and O–H groups in total. The Hall–Kier alpha value is -0.0800. The van der Waals surface area contributed by atoms with Gasteiger partial charge in [-0.1, -0.05) is 19.8 Å². The van der Waals surface area contributed by atoms with E-state index in [9.17, 15) is 0 Å². The summed E-state index contributed by atoms with van der Waals surface area (Å²) in [5, 5.41) is 3.84. The molecule has 1 aliphatic carbocycles. The Morgan fingerprint density at radius 2 is 1.56 bits per heavy atom. The summed E-state index contributed by atoms with van der Waals surface area (Å²) in [6, 6.07) is 1.54. The maximum absolute atomic E-state index is 5.40. The molecule has 94 valence electrons. The highest BCUT2D eigenvalue weighted by molar-refractivity contribution is 4.81. The molecule has 2 nitrogen and oxygen atoms in total. The normalized spacial score (nSPS) is 32.8. The van der Waals surface area contributed by atoms with Gasteiger partial charge in [-0.2, -0.15) is 0 Å². The van der Waals surface area contributed by atoms with Crippen LogP contribution in [-0.2, 0) is 4.74 Å². The molecule has 0 aromatic carbocycles. The van der Waals surface area contributed by atoms with Crippen molar-refractivity contribution in [1.29, 1.82) is 0 Å². The summed E-state index contributed by atoms with van der Waals surface area (Å²) in [5.41, 5.74) is 0. The van der Waals surface area contributed by atoms with Gasteiger partial charge in [0.15, 0.2) is 0 Å². The molecule has 2 fully saturated rings. The SMILES string of the molecule is CCCC1CCC(NC2CCOCC2)CC1. The van der Waals surface area contributed by atoms with Crippen molar-refractivity contribution in [3.63, 3.8) is 0 Å². The van der Waals surface area contributed by atoms with E-state index in [1.165, 1.54) is 51.4 Å². The minimum absolute atomic E-state index is 0.737. The van der Waals surface area contributed by atoms with Crippen LogP contribution in [0.1, 0.15) is 58.3 Å². The lowest BCUT2D eigenvalue weighted by atomic mass is 9.83. The monoisotopic (exact) mass is 225 g/mol. The maximum atomic E-state index is 5.40. The molecule has 1 saturated carbocycles. The summed E-state index contributed by atoms with van der Waals surface area (Å²) in [7, 11) is 0. The topological polar surface area (TPSA) is 21.3 Å². The molecule has 0 unspecified atom stereocenters. The summed E-state index contributed by atoms with van der Waals surface area (Å²) in [6.45, 7) is 4.23. The van der Waals surface area contributed by atoms with Gasteiger partial charge in [-0.25, -0.2) is 0 Å². The van der Waals surface area contributed by atoms with Crippen molar-refractivity contribution >= 4 is 0 Å². The zero-order valence-corrected chi connectivity index (χ0v) is 10.7. The summed E-state index contributed by atoms with van der Waals surface area (Å²) >= 11 is 0. The highest BCUT2D eigenvalue weighted by Gasteiger charge is 2.23. The lowest BCUT2D eigenvalue weighted by Gasteiger charge is -2.33. The number of hydrogen-bond donors (Lipinski definition) is 1. The fourth-order valence-electron chi connectivity index (χ4n) is 3.22. The summed E-state index contributed by atoms with van der Waals surface area (Å²) in [6.07, 6.45) is 11.0. The zero-order chi connectivity index (χ0) is 11.2. The number of ether oxygens (including phenoxy) is 1. The van der Waals surface area contributed by atoms with E-state index in [-0.39, 0.29) is 0 Å². The van der Waals surface area contributed by atoms with Gasteiger partial charge in [-0.3, -0.25) is 0 Å². The molecule has 16 heavy (non-hydrogen) atoms. The summed E-state index contributed by atoms with van der Waals surface area (Å²) in [5.74, 6) is 1.03. The van der Waals surface area contributed by atoms with Gasteiger partial charge in [0.2, 0.25) is 0 Å². The molecule has 2 aliphatic rings. The lowest BCUT2D eigenvalue weighted by molar-refractivity contribution is 0.0721. The molecule has 0 bridgehead atoms. The fourth-order valence-corrected chi connectivity index (χ4v) is 3.22. The molecular formula is C14H27NO. The molecule has 1 heterocycles. The van der Waals surface area contributed by atoms with E-state index in [4.69, 9.17) is 4.74 Å². The van der Waals surface area contributed by atoms with Gasteiger partial charge >= 0.3 is 0 Å². The van der Waals surface area contributed by atoms with Crippen molar-refractivity contribution in [3.05, 3.63) is 0 Å². The molecule has 0 atom stereocenters. The standard InChI is InChI=1S/C14H27NO/c1-2-3-12-4-6-13(7-5-12)15-14-8-10-16-11-9-14/h12-15H,2-11H2,1H3. The Morgan fingerprint density at radius 1 is 0.938 bits per heavy atom. The molecule has 0 aromatic rings. The summed E-state index contributed by atoms with van der Waals surface area (Å²) < 4.78 is 5.40. The van der Waals surface area contributed by atoms with Gasteiger partial charge in [0.25, 0.3) is 0 Å². The zero-order valence-electron chi connectivity index (χ0n) is 10.7. The lowest BCUT2D eigenvalue weighted by Crippen LogP contribution is -2.43. The van der Waals surface area contributed by atoms with Crippen LogP contribution in [0.3, 0.4) is 0 Å². The molecule has 1 aliphatic heterocycles. The van der Waals surface area contributed by atoms with Crippen molar-refractivity contribution in [2.75, 3.05) is 13.2 Å². The van der Waals surface area contributed by atoms with E-state index in [1.54, 1.807) is 0 Å². The first-order valence-corrected chi connectivity index (χ1v) is 7.22. The number of hydrogen-bond acceptors (Lipinski definition) is 2. The second-order valence-corrected chi connectivity index (χ2v) is 5.56. The fraction of sp³-hybridized carbons (Fsp3) is 1.00. The first-order valence-electron chi connectivity index (χ1n) is 7.22. The number of rotatable bonds is 4. The van der Waals surface area contributed by atoms with Gasteiger partial charge in [0, 0.05) is 25.3 Å². The van der Waals surface area contributed by atoms with Crippen LogP contribution in [0, 0.1) is 5.92 Å². The van der Waals surface area contributed by atoms with Crippen molar-refractivity contribution in [1.82, 2.24) is 5.32 Å². The second-order valence-electron chi connectivity index (χ2n) is 5.56. The third-order valence-electron chi connectivity index (χ3n) is 4.24. The molecule has 2 rings (SSSR count). The van der Waals surface area contributed by atoms with Crippen LogP contribution in [0.4, 0.5) is 0 Å². The predicted molar refractivity (Wildman–Crippen MR) is 67.6 cm³/mol. The highest BCUT2D eigenvalue weighted by atomic mass is 16.5. The second kappa shape index (κ2) is 6.61. The Morgan fingerprint density at radius 3 is 2.19 bits per heavy atom. The Balaban J connectivity index is 1.64. The Bertz CT molecular complexity index is 181. The molecule has 1 saturated heterocycles. The Labute approximate surface area is 100 Å². The van der Waals surface area contributed by atoms with E-state index in [0.29, 0.717) is 0 Å². The molecule has 0 amide bonds. The van der Waals surface area contributed by atoms with E-state index >= 15 is 0 Å². The van der Waals surface area contributed by atoms with Crippen LogP contribution >= 0.6 is 0 Å². The predicted octanol–water partition coefficient (Wildman–Crippen LogP) is 3.11. The maximum Gasteiger partial charge on any atom is 0.0480 e.